The van der Waals surface area contributed by atoms with Gasteiger partial charge in [-0.2, -0.15) is 13.2 Å². The fourth-order valence-corrected chi connectivity index (χ4v) is 1.66. The normalized spacial score (nSPS) is 15.5. The minimum absolute atomic E-state index is 0.0134. The van der Waals surface area contributed by atoms with Crippen LogP contribution in [0.5, 0.6) is 0 Å². The fraction of sp³-hybridized carbons (Fsp3) is 0.500. The van der Waals surface area contributed by atoms with E-state index in [-0.39, 0.29) is 18.6 Å². The Bertz CT molecular complexity index is 417. The number of methoxy groups -OCH3 is 1. The summed E-state index contributed by atoms with van der Waals surface area (Å²) < 4.78 is 55.6. The molecule has 18 heavy (non-hydrogen) atoms. The third-order valence-electron chi connectivity index (χ3n) is 2.78. The van der Waals surface area contributed by atoms with Gasteiger partial charge in [0.25, 0.3) is 0 Å². The number of rotatable bonds is 4. The van der Waals surface area contributed by atoms with Crippen LogP contribution < -0.4 is 0 Å². The maximum absolute atomic E-state index is 13.1. The molecule has 0 heterocycles. The predicted octanol–water partition coefficient (Wildman–Crippen LogP) is 3.09. The van der Waals surface area contributed by atoms with E-state index in [9.17, 15) is 22.7 Å². The van der Waals surface area contributed by atoms with Gasteiger partial charge < -0.3 is 9.84 Å². The highest BCUT2D eigenvalue weighted by atomic mass is 19.4. The minimum atomic E-state index is -4.79. The molecule has 1 N–H and O–H groups in total. The lowest BCUT2D eigenvalue weighted by atomic mass is 9.90. The zero-order valence-corrected chi connectivity index (χ0v) is 10.0. The van der Waals surface area contributed by atoms with Crippen LogP contribution in [0.1, 0.15) is 24.5 Å². The Kier molecular flexibility index (Phi) is 4.34. The lowest BCUT2D eigenvalue weighted by molar-refractivity contribution is -0.140. The van der Waals surface area contributed by atoms with E-state index in [1.54, 1.807) is 6.92 Å². The smallest absolute Gasteiger partial charge is 0.383 e. The van der Waals surface area contributed by atoms with E-state index in [4.69, 9.17) is 4.74 Å². The minimum Gasteiger partial charge on any atom is -0.383 e. The Morgan fingerprint density at radius 1 is 1.28 bits per heavy atom. The second kappa shape index (κ2) is 5.24. The summed E-state index contributed by atoms with van der Waals surface area (Å²) in [5.74, 6) is -1.36. The SMILES string of the molecule is CCC(O)(COC)c1ccc(F)c(C(F)(F)F)c1. The summed E-state index contributed by atoms with van der Waals surface area (Å²) in [4.78, 5) is 0. The Balaban J connectivity index is 3.27. The molecule has 0 fully saturated rings. The molecule has 1 aromatic carbocycles. The topological polar surface area (TPSA) is 29.5 Å². The standard InChI is InChI=1S/C12H14F4O2/c1-3-11(17,7-18-2)8-4-5-10(13)9(6-8)12(14,15)16/h4-6,17H,3,7H2,1-2H3. The van der Waals surface area contributed by atoms with Crippen molar-refractivity contribution < 1.29 is 27.4 Å². The lowest BCUT2D eigenvalue weighted by Gasteiger charge is -2.27. The molecule has 1 atom stereocenters. The van der Waals surface area contributed by atoms with E-state index in [2.05, 4.69) is 0 Å². The fourth-order valence-electron chi connectivity index (χ4n) is 1.66. The van der Waals surface area contributed by atoms with Gasteiger partial charge in [0.15, 0.2) is 0 Å². The largest absolute Gasteiger partial charge is 0.419 e. The molecule has 0 aromatic heterocycles. The van der Waals surface area contributed by atoms with E-state index < -0.39 is 23.2 Å². The van der Waals surface area contributed by atoms with Gasteiger partial charge in [-0.25, -0.2) is 4.39 Å². The predicted molar refractivity (Wildman–Crippen MR) is 57.5 cm³/mol. The molecule has 102 valence electrons. The highest BCUT2D eigenvalue weighted by molar-refractivity contribution is 5.31. The van der Waals surface area contributed by atoms with Gasteiger partial charge in [0, 0.05) is 7.11 Å². The van der Waals surface area contributed by atoms with Gasteiger partial charge in [-0.3, -0.25) is 0 Å². The van der Waals surface area contributed by atoms with E-state index in [0.717, 1.165) is 6.07 Å². The molecule has 1 aromatic rings. The van der Waals surface area contributed by atoms with E-state index in [0.29, 0.717) is 12.1 Å². The summed E-state index contributed by atoms with van der Waals surface area (Å²) in [7, 11) is 1.33. The molecule has 1 rings (SSSR count). The van der Waals surface area contributed by atoms with Crippen LogP contribution in [0.25, 0.3) is 0 Å². The van der Waals surface area contributed by atoms with Gasteiger partial charge >= 0.3 is 6.18 Å². The Morgan fingerprint density at radius 3 is 2.33 bits per heavy atom. The summed E-state index contributed by atoms with van der Waals surface area (Å²) in [6.07, 6.45) is -4.63. The van der Waals surface area contributed by atoms with E-state index >= 15 is 0 Å². The molecular weight excluding hydrogens is 252 g/mol. The van der Waals surface area contributed by atoms with Gasteiger partial charge in [-0.15, -0.1) is 0 Å². The Morgan fingerprint density at radius 2 is 1.89 bits per heavy atom. The highest BCUT2D eigenvalue weighted by Crippen LogP contribution is 2.35. The molecule has 0 saturated carbocycles. The number of alkyl halides is 3. The van der Waals surface area contributed by atoms with Crippen LogP contribution in [0.15, 0.2) is 18.2 Å². The molecule has 1 unspecified atom stereocenters. The highest BCUT2D eigenvalue weighted by Gasteiger charge is 2.36. The molecule has 0 aliphatic rings. The Labute approximate surface area is 102 Å². The van der Waals surface area contributed by atoms with E-state index in [1.807, 2.05) is 0 Å². The summed E-state index contributed by atoms with van der Waals surface area (Å²) in [6.45, 7) is 1.45. The molecule has 0 saturated heterocycles. The molecule has 0 bridgehead atoms. The number of benzene rings is 1. The molecule has 0 amide bonds. The zero-order chi connectivity index (χ0) is 14.0. The molecule has 2 nitrogen and oxygen atoms in total. The second-order valence-corrected chi connectivity index (χ2v) is 4.01. The van der Waals surface area contributed by atoms with Crippen molar-refractivity contribution >= 4 is 0 Å². The first-order valence-electron chi connectivity index (χ1n) is 5.33. The molecule has 0 radical (unpaired) electrons. The molecular formula is C12H14F4O2. The van der Waals surface area contributed by atoms with Crippen molar-refractivity contribution in [2.75, 3.05) is 13.7 Å². The first-order chi connectivity index (χ1) is 8.24. The van der Waals surface area contributed by atoms with Crippen LogP contribution in [0.2, 0.25) is 0 Å². The average molecular weight is 266 g/mol. The van der Waals surface area contributed by atoms with Crippen LogP contribution in [-0.2, 0) is 16.5 Å². The van der Waals surface area contributed by atoms with Crippen molar-refractivity contribution in [3.8, 4) is 0 Å². The van der Waals surface area contributed by atoms with Crippen LogP contribution >= 0.6 is 0 Å². The second-order valence-electron chi connectivity index (χ2n) is 4.01. The molecule has 0 aliphatic carbocycles. The summed E-state index contributed by atoms with van der Waals surface area (Å²) >= 11 is 0. The first kappa shape index (κ1) is 14.9. The van der Waals surface area contributed by atoms with Gasteiger partial charge in [0.2, 0.25) is 0 Å². The first-order valence-corrected chi connectivity index (χ1v) is 5.33. The maximum atomic E-state index is 13.1. The van der Waals surface area contributed by atoms with Gasteiger partial charge in [0.1, 0.15) is 11.4 Å². The number of aliphatic hydroxyl groups is 1. The Hall–Kier alpha value is -1.14. The third-order valence-corrected chi connectivity index (χ3v) is 2.78. The van der Waals surface area contributed by atoms with Crippen molar-refractivity contribution in [1.29, 1.82) is 0 Å². The van der Waals surface area contributed by atoms with Crippen molar-refractivity contribution in [1.82, 2.24) is 0 Å². The van der Waals surface area contributed by atoms with E-state index in [1.165, 1.54) is 7.11 Å². The molecule has 6 heteroatoms. The number of halogens is 4. The summed E-state index contributed by atoms with van der Waals surface area (Å²) in [5.41, 5.74) is -2.95. The van der Waals surface area contributed by atoms with Crippen LogP contribution in [-0.4, -0.2) is 18.8 Å². The van der Waals surface area contributed by atoms with Crippen molar-refractivity contribution in [3.63, 3.8) is 0 Å². The van der Waals surface area contributed by atoms with Gasteiger partial charge in [-0.1, -0.05) is 13.0 Å². The monoisotopic (exact) mass is 266 g/mol. The van der Waals surface area contributed by atoms with Gasteiger partial charge in [0.05, 0.1) is 12.2 Å². The lowest BCUT2D eigenvalue weighted by Crippen LogP contribution is -2.31. The van der Waals surface area contributed by atoms with Crippen LogP contribution in [0.3, 0.4) is 0 Å². The quantitative estimate of drug-likeness (QED) is 0.849. The number of hydrogen-bond donors (Lipinski definition) is 1. The average Bonchev–Trinajstić information content (AvgIpc) is 2.28. The number of ether oxygens (including phenoxy) is 1. The molecule has 0 aliphatic heterocycles. The van der Waals surface area contributed by atoms with Crippen molar-refractivity contribution in [2.24, 2.45) is 0 Å². The van der Waals surface area contributed by atoms with Crippen LogP contribution in [0.4, 0.5) is 17.6 Å². The van der Waals surface area contributed by atoms with Gasteiger partial charge in [-0.05, 0) is 24.1 Å². The van der Waals surface area contributed by atoms with Crippen LogP contribution in [0, 0.1) is 5.82 Å². The zero-order valence-electron chi connectivity index (χ0n) is 10.0. The summed E-state index contributed by atoms with van der Waals surface area (Å²) in [6, 6.07) is 2.46. The summed E-state index contributed by atoms with van der Waals surface area (Å²) in [5, 5.41) is 10.2. The maximum Gasteiger partial charge on any atom is 0.419 e. The molecule has 0 spiro atoms. The third kappa shape index (κ3) is 3.00. The van der Waals surface area contributed by atoms with Crippen molar-refractivity contribution in [2.45, 2.75) is 25.1 Å². The van der Waals surface area contributed by atoms with Crippen molar-refractivity contribution in [3.05, 3.63) is 35.1 Å². The number of hydrogen-bond acceptors (Lipinski definition) is 2.